The fourth-order valence-corrected chi connectivity index (χ4v) is 1.88. The van der Waals surface area contributed by atoms with Crippen LogP contribution in [0.1, 0.15) is 18.9 Å². The van der Waals surface area contributed by atoms with Gasteiger partial charge in [0, 0.05) is 6.42 Å². The highest BCUT2D eigenvalue weighted by Crippen LogP contribution is 2.18. The van der Waals surface area contributed by atoms with E-state index in [2.05, 4.69) is 0 Å². The van der Waals surface area contributed by atoms with Crippen LogP contribution in [0.4, 0.5) is 0 Å². The van der Waals surface area contributed by atoms with Crippen molar-refractivity contribution in [2.45, 2.75) is 38.3 Å². The van der Waals surface area contributed by atoms with Gasteiger partial charge in [0.1, 0.15) is 6.10 Å². The highest BCUT2D eigenvalue weighted by atomic mass is 16.5. The van der Waals surface area contributed by atoms with Gasteiger partial charge in [0.25, 0.3) is 0 Å². The first-order valence-corrected chi connectivity index (χ1v) is 5.71. The third-order valence-corrected chi connectivity index (χ3v) is 2.85. The van der Waals surface area contributed by atoms with Crippen molar-refractivity contribution in [3.63, 3.8) is 0 Å². The molecule has 1 aromatic carbocycles. The molecule has 0 saturated carbocycles. The molecule has 3 heteroatoms. The molecule has 3 nitrogen and oxygen atoms in total. The largest absolute Gasteiger partial charge is 0.388 e. The number of hydrogen-bond donors (Lipinski definition) is 1. The summed E-state index contributed by atoms with van der Waals surface area (Å²) >= 11 is 0. The maximum Gasteiger partial charge on any atom is 0.104 e. The fraction of sp³-hybridized carbons (Fsp3) is 0.538. The zero-order valence-electron chi connectivity index (χ0n) is 9.50. The van der Waals surface area contributed by atoms with Crippen LogP contribution in [0.15, 0.2) is 30.3 Å². The molecular formula is C13H18O3. The molecule has 1 aliphatic heterocycles. The Labute approximate surface area is 96.0 Å². The molecule has 3 atom stereocenters. The highest BCUT2D eigenvalue weighted by molar-refractivity contribution is 5.13. The molecular weight excluding hydrogens is 204 g/mol. The predicted octanol–water partition coefficient (Wildman–Crippen LogP) is 1.74. The summed E-state index contributed by atoms with van der Waals surface area (Å²) in [5.74, 6) is 0. The number of ether oxygens (including phenoxy) is 2. The highest BCUT2D eigenvalue weighted by Gasteiger charge is 2.28. The molecule has 0 radical (unpaired) electrons. The lowest BCUT2D eigenvalue weighted by molar-refractivity contribution is -0.142. The average molecular weight is 222 g/mol. The second kappa shape index (κ2) is 5.43. The Morgan fingerprint density at radius 1 is 1.38 bits per heavy atom. The van der Waals surface area contributed by atoms with Crippen molar-refractivity contribution in [2.75, 3.05) is 6.61 Å². The van der Waals surface area contributed by atoms with Gasteiger partial charge in [-0.05, 0) is 12.5 Å². The SMILES string of the molecule is CC1CC(OCc2ccccc2)C(O)CO1. The monoisotopic (exact) mass is 222 g/mol. The Balaban J connectivity index is 1.85. The summed E-state index contributed by atoms with van der Waals surface area (Å²) in [5.41, 5.74) is 1.13. The van der Waals surface area contributed by atoms with Gasteiger partial charge in [0.05, 0.1) is 25.4 Å². The van der Waals surface area contributed by atoms with Crippen LogP contribution in [0.2, 0.25) is 0 Å². The molecule has 3 unspecified atom stereocenters. The van der Waals surface area contributed by atoms with Gasteiger partial charge in [-0.1, -0.05) is 30.3 Å². The summed E-state index contributed by atoms with van der Waals surface area (Å²) < 4.78 is 11.1. The molecule has 1 heterocycles. The van der Waals surface area contributed by atoms with Crippen molar-refractivity contribution >= 4 is 0 Å². The second-order valence-electron chi connectivity index (χ2n) is 4.28. The van der Waals surface area contributed by atoms with E-state index >= 15 is 0 Å². The van der Waals surface area contributed by atoms with E-state index in [9.17, 15) is 5.11 Å². The summed E-state index contributed by atoms with van der Waals surface area (Å²) in [7, 11) is 0. The van der Waals surface area contributed by atoms with Crippen LogP contribution < -0.4 is 0 Å². The van der Waals surface area contributed by atoms with Crippen LogP contribution in [-0.4, -0.2) is 30.0 Å². The summed E-state index contributed by atoms with van der Waals surface area (Å²) in [5, 5.41) is 9.71. The Kier molecular flexibility index (Phi) is 3.93. The van der Waals surface area contributed by atoms with Crippen LogP contribution in [0.25, 0.3) is 0 Å². The lowest BCUT2D eigenvalue weighted by Gasteiger charge is -2.31. The van der Waals surface area contributed by atoms with Crippen LogP contribution >= 0.6 is 0 Å². The Morgan fingerprint density at radius 3 is 2.88 bits per heavy atom. The topological polar surface area (TPSA) is 38.7 Å². The smallest absolute Gasteiger partial charge is 0.104 e. The minimum absolute atomic E-state index is 0.107. The average Bonchev–Trinajstić information content (AvgIpc) is 2.32. The number of aliphatic hydroxyl groups excluding tert-OH is 1. The first-order valence-electron chi connectivity index (χ1n) is 5.71. The van der Waals surface area contributed by atoms with E-state index in [1.54, 1.807) is 0 Å². The van der Waals surface area contributed by atoms with Gasteiger partial charge < -0.3 is 14.6 Å². The van der Waals surface area contributed by atoms with Crippen molar-refractivity contribution in [1.82, 2.24) is 0 Å². The summed E-state index contributed by atoms with van der Waals surface area (Å²) in [6, 6.07) is 10.0. The van der Waals surface area contributed by atoms with Gasteiger partial charge in [-0.3, -0.25) is 0 Å². The van der Waals surface area contributed by atoms with E-state index in [-0.39, 0.29) is 12.2 Å². The normalized spacial score (nSPS) is 30.2. The van der Waals surface area contributed by atoms with Crippen LogP contribution in [0, 0.1) is 0 Å². The van der Waals surface area contributed by atoms with Gasteiger partial charge >= 0.3 is 0 Å². The molecule has 1 N–H and O–H groups in total. The van der Waals surface area contributed by atoms with Gasteiger partial charge in [-0.2, -0.15) is 0 Å². The van der Waals surface area contributed by atoms with E-state index < -0.39 is 6.10 Å². The van der Waals surface area contributed by atoms with E-state index in [0.717, 1.165) is 12.0 Å². The maximum absolute atomic E-state index is 9.71. The first kappa shape index (κ1) is 11.6. The number of hydrogen-bond acceptors (Lipinski definition) is 3. The summed E-state index contributed by atoms with van der Waals surface area (Å²) in [6.45, 7) is 2.93. The van der Waals surface area contributed by atoms with Gasteiger partial charge in [0.2, 0.25) is 0 Å². The molecule has 16 heavy (non-hydrogen) atoms. The Hall–Kier alpha value is -0.900. The van der Waals surface area contributed by atoms with Crippen molar-refractivity contribution in [3.05, 3.63) is 35.9 Å². The standard InChI is InChI=1S/C13H18O3/c1-10-7-13(12(14)9-15-10)16-8-11-5-3-2-4-6-11/h2-6,10,12-14H,7-9H2,1H3. The molecule has 1 aliphatic rings. The van der Waals surface area contributed by atoms with Gasteiger partial charge in [0.15, 0.2) is 0 Å². The third kappa shape index (κ3) is 3.04. The quantitative estimate of drug-likeness (QED) is 0.846. The number of aliphatic hydroxyl groups is 1. The maximum atomic E-state index is 9.71. The lowest BCUT2D eigenvalue weighted by Crippen LogP contribution is -2.41. The van der Waals surface area contributed by atoms with Crippen molar-refractivity contribution in [1.29, 1.82) is 0 Å². The molecule has 0 amide bonds. The zero-order chi connectivity index (χ0) is 11.4. The molecule has 0 bridgehead atoms. The minimum Gasteiger partial charge on any atom is -0.388 e. The van der Waals surface area contributed by atoms with E-state index in [1.807, 2.05) is 37.3 Å². The molecule has 0 aromatic heterocycles. The second-order valence-corrected chi connectivity index (χ2v) is 4.28. The number of benzene rings is 1. The van der Waals surface area contributed by atoms with E-state index in [4.69, 9.17) is 9.47 Å². The van der Waals surface area contributed by atoms with Gasteiger partial charge in [-0.25, -0.2) is 0 Å². The molecule has 88 valence electrons. The first-order chi connectivity index (χ1) is 7.75. The molecule has 0 spiro atoms. The molecule has 1 fully saturated rings. The number of rotatable bonds is 3. The van der Waals surface area contributed by atoms with E-state index in [0.29, 0.717) is 13.2 Å². The summed E-state index contributed by atoms with van der Waals surface area (Å²) in [6.07, 6.45) is 0.321. The van der Waals surface area contributed by atoms with Crippen LogP contribution in [0.5, 0.6) is 0 Å². The molecule has 2 rings (SSSR count). The molecule has 1 aromatic rings. The predicted molar refractivity (Wildman–Crippen MR) is 61.1 cm³/mol. The van der Waals surface area contributed by atoms with Gasteiger partial charge in [-0.15, -0.1) is 0 Å². The van der Waals surface area contributed by atoms with Crippen molar-refractivity contribution in [3.8, 4) is 0 Å². The third-order valence-electron chi connectivity index (χ3n) is 2.85. The van der Waals surface area contributed by atoms with Crippen LogP contribution in [-0.2, 0) is 16.1 Å². The lowest BCUT2D eigenvalue weighted by atomic mass is 10.0. The Morgan fingerprint density at radius 2 is 2.12 bits per heavy atom. The zero-order valence-corrected chi connectivity index (χ0v) is 9.50. The van der Waals surface area contributed by atoms with Crippen molar-refractivity contribution in [2.24, 2.45) is 0 Å². The minimum atomic E-state index is -0.500. The summed E-state index contributed by atoms with van der Waals surface area (Å²) in [4.78, 5) is 0. The van der Waals surface area contributed by atoms with E-state index in [1.165, 1.54) is 0 Å². The Bertz CT molecular complexity index is 312. The van der Waals surface area contributed by atoms with Crippen molar-refractivity contribution < 1.29 is 14.6 Å². The molecule has 1 saturated heterocycles. The molecule has 0 aliphatic carbocycles. The fourth-order valence-electron chi connectivity index (χ4n) is 1.88. The van der Waals surface area contributed by atoms with Crippen LogP contribution in [0.3, 0.4) is 0 Å².